The molecule has 1 aromatic rings. The molecule has 0 saturated carbocycles. The van der Waals surface area contributed by atoms with Crippen molar-refractivity contribution < 1.29 is 18.8 Å². The first-order chi connectivity index (χ1) is 9.71. The van der Waals surface area contributed by atoms with Gasteiger partial charge in [-0.15, -0.1) is 0 Å². The van der Waals surface area contributed by atoms with Crippen molar-refractivity contribution in [2.75, 3.05) is 7.11 Å². The maximum absolute atomic E-state index is 11.7. The number of ether oxygens (including phenoxy) is 1. The number of nitrogens with zero attached hydrogens (tertiary/aromatic N) is 1. The second kappa shape index (κ2) is 5.17. The SMILES string of the molecule is [C-]#[N+]c1ccc(C(=O)OC)cc1B1OC(C)(C)C(C)(C)O1. The Labute approximate surface area is 125 Å². The van der Waals surface area contributed by atoms with Crippen LogP contribution in [-0.2, 0) is 14.0 Å². The first kappa shape index (κ1) is 15.6. The van der Waals surface area contributed by atoms with Gasteiger partial charge < -0.3 is 14.0 Å². The van der Waals surface area contributed by atoms with Gasteiger partial charge in [-0.25, -0.2) is 9.64 Å². The molecule has 6 heteroatoms. The van der Waals surface area contributed by atoms with Crippen molar-refractivity contribution in [2.24, 2.45) is 0 Å². The minimum absolute atomic E-state index is 0.370. The number of hydrogen-bond acceptors (Lipinski definition) is 4. The Morgan fingerprint density at radius 1 is 1.24 bits per heavy atom. The number of hydrogen-bond donors (Lipinski definition) is 0. The van der Waals surface area contributed by atoms with Gasteiger partial charge in [-0.3, -0.25) is 0 Å². The van der Waals surface area contributed by atoms with Gasteiger partial charge in [-0.05, 0) is 33.2 Å². The van der Waals surface area contributed by atoms with Crippen LogP contribution >= 0.6 is 0 Å². The molecule has 0 N–H and O–H groups in total. The van der Waals surface area contributed by atoms with Gasteiger partial charge in [-0.1, -0.05) is 18.2 Å². The first-order valence-electron chi connectivity index (χ1n) is 6.67. The lowest BCUT2D eigenvalue weighted by atomic mass is 9.77. The van der Waals surface area contributed by atoms with Gasteiger partial charge in [0.05, 0.1) is 30.4 Å². The molecule has 110 valence electrons. The third-order valence-electron chi connectivity index (χ3n) is 4.08. The molecular weight excluding hydrogens is 269 g/mol. The van der Waals surface area contributed by atoms with Gasteiger partial charge in [-0.2, -0.15) is 0 Å². The zero-order valence-corrected chi connectivity index (χ0v) is 12.9. The largest absolute Gasteiger partial charge is 0.483 e. The maximum atomic E-state index is 11.7. The van der Waals surface area contributed by atoms with Crippen molar-refractivity contribution in [3.63, 3.8) is 0 Å². The average molecular weight is 287 g/mol. The highest BCUT2D eigenvalue weighted by Crippen LogP contribution is 2.37. The third-order valence-corrected chi connectivity index (χ3v) is 4.08. The Kier molecular flexibility index (Phi) is 3.83. The number of carbonyl (C=O) groups excluding carboxylic acids is 1. The van der Waals surface area contributed by atoms with Crippen LogP contribution in [0.25, 0.3) is 4.85 Å². The second-order valence-electron chi connectivity index (χ2n) is 5.97. The van der Waals surface area contributed by atoms with Crippen molar-refractivity contribution in [1.29, 1.82) is 0 Å². The van der Waals surface area contributed by atoms with E-state index in [2.05, 4.69) is 4.85 Å². The van der Waals surface area contributed by atoms with E-state index in [0.29, 0.717) is 16.7 Å². The van der Waals surface area contributed by atoms with E-state index in [0.717, 1.165) is 0 Å². The average Bonchev–Trinajstić information content (AvgIpc) is 2.65. The summed E-state index contributed by atoms with van der Waals surface area (Å²) >= 11 is 0. The predicted octanol–water partition coefficient (Wildman–Crippen LogP) is 2.32. The molecule has 0 unspecified atom stereocenters. The molecular formula is C15H18BNO4. The minimum Gasteiger partial charge on any atom is -0.465 e. The number of methoxy groups -OCH3 is 1. The number of carbonyl (C=O) groups is 1. The molecule has 2 rings (SSSR count). The molecule has 21 heavy (non-hydrogen) atoms. The normalized spacial score (nSPS) is 19.1. The lowest BCUT2D eigenvalue weighted by Gasteiger charge is -2.32. The van der Waals surface area contributed by atoms with Gasteiger partial charge in [0.1, 0.15) is 0 Å². The van der Waals surface area contributed by atoms with E-state index < -0.39 is 24.3 Å². The standard InChI is InChI=1S/C15H18BNO4/c1-14(2)15(3,4)21-16(20-14)11-9-10(13(18)19-6)7-8-12(11)17-5/h7-9H,1-4,6H3. The Morgan fingerprint density at radius 3 is 2.29 bits per heavy atom. The van der Waals surface area contributed by atoms with Gasteiger partial charge in [0.25, 0.3) is 0 Å². The number of esters is 1. The molecule has 0 amide bonds. The Balaban J connectivity index is 2.44. The van der Waals surface area contributed by atoms with E-state index in [1.54, 1.807) is 18.2 Å². The smallest absolute Gasteiger partial charge is 0.465 e. The summed E-state index contributed by atoms with van der Waals surface area (Å²) in [5.74, 6) is -0.454. The molecule has 5 nitrogen and oxygen atoms in total. The summed E-state index contributed by atoms with van der Waals surface area (Å²) in [6.45, 7) is 15.0. The highest BCUT2D eigenvalue weighted by atomic mass is 16.7. The van der Waals surface area contributed by atoms with Crippen LogP contribution in [-0.4, -0.2) is 31.4 Å². The Morgan fingerprint density at radius 2 is 1.81 bits per heavy atom. The summed E-state index contributed by atoms with van der Waals surface area (Å²) in [4.78, 5) is 15.1. The van der Waals surface area contributed by atoms with Crippen LogP contribution in [0.3, 0.4) is 0 Å². The quantitative estimate of drug-likeness (QED) is 0.476. The summed E-state index contributed by atoms with van der Waals surface area (Å²) in [7, 11) is 0.642. The van der Waals surface area contributed by atoms with Crippen LogP contribution < -0.4 is 5.46 Å². The highest BCUT2D eigenvalue weighted by molar-refractivity contribution is 6.64. The van der Waals surface area contributed by atoms with E-state index in [9.17, 15) is 4.79 Å². The van der Waals surface area contributed by atoms with Crippen molar-refractivity contribution >= 4 is 24.2 Å². The summed E-state index contributed by atoms with van der Waals surface area (Å²) < 4.78 is 16.6. The predicted molar refractivity (Wildman–Crippen MR) is 79.8 cm³/mol. The Hall–Kier alpha value is -1.84. The molecule has 0 aliphatic carbocycles. The van der Waals surface area contributed by atoms with E-state index >= 15 is 0 Å². The molecule has 1 aliphatic heterocycles. The third kappa shape index (κ3) is 2.67. The molecule has 1 saturated heterocycles. The van der Waals surface area contributed by atoms with E-state index in [1.807, 2.05) is 27.7 Å². The molecule has 0 bridgehead atoms. The zero-order chi connectivity index (χ0) is 15.8. The lowest BCUT2D eigenvalue weighted by molar-refractivity contribution is 0.00578. The molecule has 1 heterocycles. The molecule has 0 spiro atoms. The maximum Gasteiger partial charge on any atom is 0.483 e. The monoisotopic (exact) mass is 287 g/mol. The highest BCUT2D eigenvalue weighted by Gasteiger charge is 2.52. The Bertz CT molecular complexity index is 603. The van der Waals surface area contributed by atoms with Crippen molar-refractivity contribution in [3.8, 4) is 0 Å². The van der Waals surface area contributed by atoms with Crippen LogP contribution in [0.2, 0.25) is 0 Å². The zero-order valence-electron chi connectivity index (χ0n) is 12.9. The topological polar surface area (TPSA) is 49.1 Å². The van der Waals surface area contributed by atoms with Gasteiger partial charge in [0.15, 0.2) is 5.69 Å². The summed E-state index contributed by atoms with van der Waals surface area (Å²) in [6, 6.07) is 4.74. The fourth-order valence-electron chi connectivity index (χ4n) is 2.06. The fraction of sp³-hybridized carbons (Fsp3) is 0.467. The number of rotatable bonds is 2. The van der Waals surface area contributed by atoms with Crippen LogP contribution in [0.15, 0.2) is 18.2 Å². The van der Waals surface area contributed by atoms with Crippen molar-refractivity contribution in [3.05, 3.63) is 35.2 Å². The van der Waals surface area contributed by atoms with Gasteiger partial charge in [0.2, 0.25) is 0 Å². The van der Waals surface area contributed by atoms with Gasteiger partial charge in [0, 0.05) is 0 Å². The van der Waals surface area contributed by atoms with Crippen LogP contribution in [0.1, 0.15) is 38.1 Å². The molecule has 1 aliphatic rings. The summed E-state index contributed by atoms with van der Waals surface area (Å²) in [5.41, 5.74) is 0.318. The van der Waals surface area contributed by atoms with E-state index in [1.165, 1.54) is 7.11 Å². The molecule has 1 aromatic carbocycles. The number of benzene rings is 1. The molecule has 1 fully saturated rings. The molecule has 0 radical (unpaired) electrons. The first-order valence-corrected chi connectivity index (χ1v) is 6.67. The minimum atomic E-state index is -0.677. The lowest BCUT2D eigenvalue weighted by Crippen LogP contribution is -2.41. The van der Waals surface area contributed by atoms with Crippen LogP contribution in [0.5, 0.6) is 0 Å². The van der Waals surface area contributed by atoms with Crippen molar-refractivity contribution in [1.82, 2.24) is 0 Å². The summed E-state index contributed by atoms with van der Waals surface area (Å²) in [6.07, 6.45) is 0. The van der Waals surface area contributed by atoms with E-state index in [4.69, 9.17) is 20.6 Å². The van der Waals surface area contributed by atoms with Crippen molar-refractivity contribution in [2.45, 2.75) is 38.9 Å². The molecule has 0 atom stereocenters. The van der Waals surface area contributed by atoms with E-state index in [-0.39, 0.29) is 0 Å². The summed E-state index contributed by atoms with van der Waals surface area (Å²) in [5, 5.41) is 0. The van der Waals surface area contributed by atoms with Gasteiger partial charge >= 0.3 is 13.1 Å². The molecule has 0 aromatic heterocycles. The second-order valence-corrected chi connectivity index (χ2v) is 5.97. The van der Waals surface area contributed by atoms with Crippen LogP contribution in [0.4, 0.5) is 5.69 Å². The van der Waals surface area contributed by atoms with Crippen LogP contribution in [0, 0.1) is 6.57 Å². The fourth-order valence-corrected chi connectivity index (χ4v) is 2.06.